The molecule has 0 aromatic heterocycles. The van der Waals surface area contributed by atoms with Crippen molar-refractivity contribution in [3.8, 4) is 0 Å². The van der Waals surface area contributed by atoms with Crippen molar-refractivity contribution < 1.29 is 5.32 Å². The normalized spacial score (nSPS) is 31.9. The van der Waals surface area contributed by atoms with Crippen LogP contribution in [0, 0.1) is 23.7 Å². The maximum Gasteiger partial charge on any atom is 0.0792 e. The van der Waals surface area contributed by atoms with Crippen molar-refractivity contribution in [2.45, 2.75) is 41.0 Å². The highest BCUT2D eigenvalue weighted by molar-refractivity contribution is 5.07. The molecule has 88 valence electrons. The van der Waals surface area contributed by atoms with E-state index in [4.69, 9.17) is 0 Å². The molecule has 0 unspecified atom stereocenters. The van der Waals surface area contributed by atoms with E-state index >= 15 is 0 Å². The second-order valence-electron chi connectivity index (χ2n) is 5.87. The van der Waals surface area contributed by atoms with E-state index in [1.807, 2.05) is 0 Å². The van der Waals surface area contributed by atoms with Crippen LogP contribution in [-0.2, 0) is 0 Å². The Balaban J connectivity index is 2.40. The summed E-state index contributed by atoms with van der Waals surface area (Å²) >= 11 is 0. The van der Waals surface area contributed by atoms with Gasteiger partial charge in [0.15, 0.2) is 0 Å². The first-order valence-electron chi connectivity index (χ1n) is 6.49. The summed E-state index contributed by atoms with van der Waals surface area (Å²) in [6.45, 7) is 14.3. The zero-order chi connectivity index (χ0) is 11.4. The minimum absolute atomic E-state index is 0.775. The van der Waals surface area contributed by atoms with Crippen LogP contribution in [0.15, 0.2) is 11.6 Å². The summed E-state index contributed by atoms with van der Waals surface area (Å²) in [5.41, 5.74) is 1.59. The Labute approximate surface area is 95.3 Å². The van der Waals surface area contributed by atoms with Crippen molar-refractivity contribution in [1.29, 1.82) is 0 Å². The monoisotopic (exact) mass is 210 g/mol. The highest BCUT2D eigenvalue weighted by atomic mass is 14.9. The Morgan fingerprint density at radius 1 is 1.40 bits per heavy atom. The third-order valence-corrected chi connectivity index (χ3v) is 3.67. The lowest BCUT2D eigenvalue weighted by atomic mass is 9.75. The molecule has 1 aliphatic carbocycles. The summed E-state index contributed by atoms with van der Waals surface area (Å²) in [5, 5.41) is 2.51. The van der Waals surface area contributed by atoms with E-state index in [0.29, 0.717) is 0 Å². The minimum Gasteiger partial charge on any atom is -0.346 e. The first-order valence-corrected chi connectivity index (χ1v) is 6.49. The first-order chi connectivity index (χ1) is 7.00. The van der Waals surface area contributed by atoms with Crippen molar-refractivity contribution >= 4 is 0 Å². The fourth-order valence-corrected chi connectivity index (χ4v) is 2.89. The Morgan fingerprint density at radius 2 is 2.07 bits per heavy atom. The predicted octanol–water partition coefficient (Wildman–Crippen LogP) is 2.44. The highest BCUT2D eigenvalue weighted by Crippen LogP contribution is 2.32. The molecule has 0 aromatic carbocycles. The summed E-state index contributed by atoms with van der Waals surface area (Å²) in [4.78, 5) is 0. The molecule has 0 spiro atoms. The lowest BCUT2D eigenvalue weighted by molar-refractivity contribution is -0.666. The predicted molar refractivity (Wildman–Crippen MR) is 66.7 cm³/mol. The Morgan fingerprint density at radius 3 is 2.60 bits per heavy atom. The van der Waals surface area contributed by atoms with E-state index in [2.05, 4.69) is 46.0 Å². The number of hydrogen-bond donors (Lipinski definition) is 1. The van der Waals surface area contributed by atoms with E-state index in [1.54, 1.807) is 5.57 Å². The van der Waals surface area contributed by atoms with Crippen LogP contribution in [0.4, 0.5) is 0 Å². The molecule has 0 bridgehead atoms. The average molecular weight is 210 g/mol. The molecular formula is C14H28N+. The second kappa shape index (κ2) is 5.69. The number of hydrogen-bond acceptors (Lipinski definition) is 0. The number of quaternary nitrogens is 1. The molecule has 0 amide bonds. The van der Waals surface area contributed by atoms with Crippen LogP contribution in [0.25, 0.3) is 0 Å². The molecule has 0 fully saturated rings. The summed E-state index contributed by atoms with van der Waals surface area (Å²) in [6.07, 6.45) is 3.79. The largest absolute Gasteiger partial charge is 0.346 e. The first kappa shape index (κ1) is 12.8. The van der Waals surface area contributed by atoms with Gasteiger partial charge in [0.25, 0.3) is 0 Å². The van der Waals surface area contributed by atoms with E-state index in [1.165, 1.54) is 19.5 Å². The van der Waals surface area contributed by atoms with Crippen LogP contribution in [0.3, 0.4) is 0 Å². The van der Waals surface area contributed by atoms with E-state index < -0.39 is 0 Å². The third kappa shape index (κ3) is 3.98. The zero-order valence-electron chi connectivity index (χ0n) is 11.1. The van der Waals surface area contributed by atoms with Crippen LogP contribution in [0.2, 0.25) is 0 Å². The summed E-state index contributed by atoms with van der Waals surface area (Å²) in [5.74, 6) is 3.34. The van der Waals surface area contributed by atoms with E-state index in [9.17, 15) is 0 Å². The van der Waals surface area contributed by atoms with Crippen LogP contribution in [0.1, 0.15) is 41.0 Å². The Hall–Kier alpha value is -0.300. The molecule has 15 heavy (non-hydrogen) atoms. The van der Waals surface area contributed by atoms with Crippen molar-refractivity contribution in [3.05, 3.63) is 11.6 Å². The molecular weight excluding hydrogens is 182 g/mol. The van der Waals surface area contributed by atoms with Crippen LogP contribution < -0.4 is 5.32 Å². The SMILES string of the molecule is CC1=C[C@@H](C)[C@H](C[NH2+]CC(C)C)[C@H](C)C1. The minimum atomic E-state index is 0.775. The lowest BCUT2D eigenvalue weighted by Crippen LogP contribution is -2.87. The smallest absolute Gasteiger partial charge is 0.0792 e. The fourth-order valence-electron chi connectivity index (χ4n) is 2.89. The molecule has 2 N–H and O–H groups in total. The summed E-state index contributed by atoms with van der Waals surface area (Å²) < 4.78 is 0. The zero-order valence-corrected chi connectivity index (χ0v) is 11.1. The second-order valence-corrected chi connectivity index (χ2v) is 5.87. The molecule has 0 saturated heterocycles. The number of rotatable bonds is 4. The quantitative estimate of drug-likeness (QED) is 0.686. The summed E-state index contributed by atoms with van der Waals surface area (Å²) in [6, 6.07) is 0. The standard InChI is InChI=1S/C14H27N/c1-10(2)8-15-9-14-12(4)6-11(3)7-13(14)5/h6,10,12-15H,7-9H2,1-5H3/p+1/t12-,13-,14+/m1/s1. The molecule has 0 heterocycles. The molecule has 0 saturated carbocycles. The fraction of sp³-hybridized carbons (Fsp3) is 0.857. The highest BCUT2D eigenvalue weighted by Gasteiger charge is 2.27. The average Bonchev–Trinajstić information content (AvgIpc) is 2.08. The van der Waals surface area contributed by atoms with Gasteiger partial charge in [0.1, 0.15) is 0 Å². The van der Waals surface area contributed by atoms with E-state index in [0.717, 1.165) is 23.7 Å². The van der Waals surface area contributed by atoms with Crippen LogP contribution >= 0.6 is 0 Å². The van der Waals surface area contributed by atoms with Gasteiger partial charge in [-0.25, -0.2) is 0 Å². The topological polar surface area (TPSA) is 16.6 Å². The Kier molecular flexibility index (Phi) is 4.85. The third-order valence-electron chi connectivity index (χ3n) is 3.67. The van der Waals surface area contributed by atoms with Gasteiger partial charge in [-0.2, -0.15) is 0 Å². The molecule has 0 aromatic rings. The molecule has 0 aliphatic heterocycles. The van der Waals surface area contributed by atoms with Gasteiger partial charge in [-0.3, -0.25) is 0 Å². The van der Waals surface area contributed by atoms with Crippen molar-refractivity contribution in [1.82, 2.24) is 0 Å². The maximum atomic E-state index is 2.51. The number of allylic oxidation sites excluding steroid dienone is 2. The molecule has 3 atom stereocenters. The summed E-state index contributed by atoms with van der Waals surface area (Å²) in [7, 11) is 0. The van der Waals surface area contributed by atoms with Gasteiger partial charge >= 0.3 is 0 Å². The van der Waals surface area contributed by atoms with Crippen molar-refractivity contribution in [2.24, 2.45) is 23.7 Å². The van der Waals surface area contributed by atoms with Gasteiger partial charge in [-0.1, -0.05) is 39.3 Å². The van der Waals surface area contributed by atoms with Gasteiger partial charge in [0.2, 0.25) is 0 Å². The van der Waals surface area contributed by atoms with Gasteiger partial charge in [0, 0.05) is 11.8 Å². The molecule has 1 nitrogen and oxygen atoms in total. The van der Waals surface area contributed by atoms with Gasteiger partial charge in [-0.15, -0.1) is 0 Å². The lowest BCUT2D eigenvalue weighted by Gasteiger charge is -2.31. The molecule has 1 aliphatic rings. The van der Waals surface area contributed by atoms with Gasteiger partial charge < -0.3 is 5.32 Å². The molecule has 1 heteroatoms. The van der Waals surface area contributed by atoms with Gasteiger partial charge in [0.05, 0.1) is 13.1 Å². The van der Waals surface area contributed by atoms with Crippen LogP contribution in [-0.4, -0.2) is 13.1 Å². The van der Waals surface area contributed by atoms with Crippen molar-refractivity contribution in [2.75, 3.05) is 13.1 Å². The maximum absolute atomic E-state index is 2.51. The van der Waals surface area contributed by atoms with Gasteiger partial charge in [-0.05, 0) is 25.2 Å². The molecule has 0 radical (unpaired) electrons. The Bertz CT molecular complexity index is 217. The number of nitrogens with two attached hydrogens (primary N) is 1. The van der Waals surface area contributed by atoms with Crippen molar-refractivity contribution in [3.63, 3.8) is 0 Å². The van der Waals surface area contributed by atoms with E-state index in [-0.39, 0.29) is 0 Å². The van der Waals surface area contributed by atoms with Crippen LogP contribution in [0.5, 0.6) is 0 Å². The molecule has 1 rings (SSSR count).